The van der Waals surface area contributed by atoms with Crippen LogP contribution in [0.3, 0.4) is 0 Å². The molecular formula is C20H20F3N3O3S. The Morgan fingerprint density at radius 3 is 2.30 bits per heavy atom. The van der Waals surface area contributed by atoms with Gasteiger partial charge in [-0.3, -0.25) is 4.98 Å². The van der Waals surface area contributed by atoms with Crippen LogP contribution in [0.5, 0.6) is 5.75 Å². The number of nitrogens with zero attached hydrogens (tertiary/aromatic N) is 2. The molecule has 10 heteroatoms. The first-order valence-corrected chi connectivity index (χ1v) is 9.80. The standard InChI is InChI=1S/C19H16F3N3O3S.CH4/c1-28-15-10-14(25-18(11-15)17-4-2-3-9-23-17)12-24-29(26,27)16-7-5-13(6-8-16)19(20,21)22;/h2-11,24H,12H2,1H3;1H4. The topological polar surface area (TPSA) is 81.2 Å². The number of methoxy groups -OCH3 is 1. The molecule has 1 N–H and O–H groups in total. The Morgan fingerprint density at radius 2 is 1.73 bits per heavy atom. The summed E-state index contributed by atoms with van der Waals surface area (Å²) in [7, 11) is -2.57. The molecule has 2 heterocycles. The predicted octanol–water partition coefficient (Wildman–Crippen LogP) is 4.29. The number of hydrogen-bond acceptors (Lipinski definition) is 5. The van der Waals surface area contributed by atoms with Crippen molar-refractivity contribution in [3.8, 4) is 17.1 Å². The minimum Gasteiger partial charge on any atom is -0.497 e. The molecule has 0 saturated carbocycles. The fraction of sp³-hybridized carbons (Fsp3) is 0.200. The van der Waals surface area contributed by atoms with Crippen LogP contribution in [-0.4, -0.2) is 25.5 Å². The van der Waals surface area contributed by atoms with E-state index in [0.29, 0.717) is 22.8 Å². The minimum atomic E-state index is -4.54. The zero-order valence-electron chi connectivity index (χ0n) is 15.1. The number of pyridine rings is 2. The van der Waals surface area contributed by atoms with Gasteiger partial charge in [0.1, 0.15) is 5.75 Å². The van der Waals surface area contributed by atoms with E-state index >= 15 is 0 Å². The molecule has 0 aliphatic rings. The van der Waals surface area contributed by atoms with Crippen LogP contribution in [0.15, 0.2) is 65.7 Å². The van der Waals surface area contributed by atoms with Gasteiger partial charge in [-0.1, -0.05) is 13.5 Å². The lowest BCUT2D eigenvalue weighted by Crippen LogP contribution is -2.24. The van der Waals surface area contributed by atoms with Crippen LogP contribution in [0.1, 0.15) is 18.7 Å². The highest BCUT2D eigenvalue weighted by Gasteiger charge is 2.30. The van der Waals surface area contributed by atoms with Crippen molar-refractivity contribution in [2.75, 3.05) is 7.11 Å². The maximum Gasteiger partial charge on any atom is 0.416 e. The summed E-state index contributed by atoms with van der Waals surface area (Å²) in [5.41, 5.74) is 0.512. The van der Waals surface area contributed by atoms with E-state index in [1.807, 2.05) is 0 Å². The van der Waals surface area contributed by atoms with Crippen LogP contribution in [0, 0.1) is 0 Å². The Bertz CT molecular complexity index is 1090. The van der Waals surface area contributed by atoms with E-state index < -0.39 is 21.8 Å². The van der Waals surface area contributed by atoms with E-state index in [9.17, 15) is 21.6 Å². The third-order valence-corrected chi connectivity index (χ3v) is 5.37. The highest BCUT2D eigenvalue weighted by atomic mass is 32.2. The van der Waals surface area contributed by atoms with Crippen molar-refractivity contribution in [2.45, 2.75) is 25.0 Å². The number of sulfonamides is 1. The minimum absolute atomic E-state index is 0. The van der Waals surface area contributed by atoms with E-state index in [0.717, 1.165) is 24.3 Å². The molecule has 0 spiro atoms. The Labute approximate surface area is 172 Å². The maximum atomic E-state index is 12.6. The second-order valence-corrected chi connectivity index (χ2v) is 7.71. The van der Waals surface area contributed by atoms with Gasteiger partial charge in [0.15, 0.2) is 0 Å². The van der Waals surface area contributed by atoms with Gasteiger partial charge in [-0.25, -0.2) is 18.1 Å². The number of alkyl halides is 3. The van der Waals surface area contributed by atoms with Crippen molar-refractivity contribution in [2.24, 2.45) is 0 Å². The lowest BCUT2D eigenvalue weighted by molar-refractivity contribution is -0.137. The smallest absolute Gasteiger partial charge is 0.416 e. The molecular weight excluding hydrogens is 419 g/mol. The van der Waals surface area contributed by atoms with Gasteiger partial charge in [-0.2, -0.15) is 13.2 Å². The number of aromatic nitrogens is 2. The second-order valence-electron chi connectivity index (χ2n) is 5.95. The molecule has 0 fully saturated rings. The number of rotatable bonds is 6. The van der Waals surface area contributed by atoms with Crippen LogP contribution in [0.25, 0.3) is 11.4 Å². The van der Waals surface area contributed by atoms with Crippen LogP contribution in [0.4, 0.5) is 13.2 Å². The fourth-order valence-corrected chi connectivity index (χ4v) is 3.49. The summed E-state index contributed by atoms with van der Waals surface area (Å²) in [6, 6.07) is 11.8. The molecule has 30 heavy (non-hydrogen) atoms. The zero-order chi connectivity index (χ0) is 21.1. The van der Waals surface area contributed by atoms with Gasteiger partial charge < -0.3 is 4.74 Å². The number of ether oxygens (including phenoxy) is 1. The van der Waals surface area contributed by atoms with Gasteiger partial charge in [0.2, 0.25) is 10.0 Å². The summed E-state index contributed by atoms with van der Waals surface area (Å²) in [5, 5.41) is 0. The summed E-state index contributed by atoms with van der Waals surface area (Å²) >= 11 is 0. The van der Waals surface area contributed by atoms with Gasteiger partial charge >= 0.3 is 6.18 Å². The zero-order valence-corrected chi connectivity index (χ0v) is 16.0. The largest absolute Gasteiger partial charge is 0.497 e. The molecule has 3 rings (SSSR count). The first kappa shape index (κ1) is 23.3. The van der Waals surface area contributed by atoms with E-state index in [1.165, 1.54) is 7.11 Å². The summed E-state index contributed by atoms with van der Waals surface area (Å²) in [6.07, 6.45) is -2.94. The average molecular weight is 439 g/mol. The SMILES string of the molecule is C.COc1cc(CNS(=O)(=O)c2ccc(C(F)(F)F)cc2)nc(-c2ccccn2)c1. The number of benzene rings is 1. The second kappa shape index (κ2) is 9.23. The van der Waals surface area contributed by atoms with Crippen molar-refractivity contribution in [3.63, 3.8) is 0 Å². The van der Waals surface area contributed by atoms with Crippen LogP contribution >= 0.6 is 0 Å². The molecule has 0 saturated heterocycles. The maximum absolute atomic E-state index is 12.6. The van der Waals surface area contributed by atoms with E-state index in [1.54, 1.807) is 36.5 Å². The third-order valence-electron chi connectivity index (χ3n) is 3.95. The van der Waals surface area contributed by atoms with E-state index in [2.05, 4.69) is 14.7 Å². The summed E-state index contributed by atoms with van der Waals surface area (Å²) in [5.74, 6) is 0.462. The molecule has 0 amide bonds. The Balaban J connectivity index is 0.00000320. The molecule has 0 unspecified atom stereocenters. The van der Waals surface area contributed by atoms with E-state index in [4.69, 9.17) is 4.74 Å². The average Bonchev–Trinajstić information content (AvgIpc) is 2.72. The Morgan fingerprint density at radius 1 is 1.03 bits per heavy atom. The predicted molar refractivity (Wildman–Crippen MR) is 106 cm³/mol. The van der Waals surface area contributed by atoms with Crippen molar-refractivity contribution in [1.82, 2.24) is 14.7 Å². The van der Waals surface area contributed by atoms with E-state index in [-0.39, 0.29) is 18.9 Å². The molecule has 2 aromatic heterocycles. The molecule has 0 atom stereocenters. The first-order valence-electron chi connectivity index (χ1n) is 8.32. The quantitative estimate of drug-likeness (QED) is 0.620. The van der Waals surface area contributed by atoms with Crippen molar-refractivity contribution in [3.05, 3.63) is 72.1 Å². The molecule has 0 aliphatic carbocycles. The number of hydrogen-bond donors (Lipinski definition) is 1. The summed E-state index contributed by atoms with van der Waals surface area (Å²) < 4.78 is 70.3. The van der Waals surface area contributed by atoms with Crippen molar-refractivity contribution >= 4 is 10.0 Å². The van der Waals surface area contributed by atoms with Crippen LogP contribution in [0.2, 0.25) is 0 Å². The Kier molecular flexibility index (Phi) is 7.16. The molecule has 160 valence electrons. The first-order chi connectivity index (χ1) is 13.7. The number of nitrogens with one attached hydrogen (secondary N) is 1. The lowest BCUT2D eigenvalue weighted by Gasteiger charge is -2.11. The highest BCUT2D eigenvalue weighted by molar-refractivity contribution is 7.89. The van der Waals surface area contributed by atoms with Gasteiger partial charge in [0.05, 0.1) is 41.2 Å². The highest BCUT2D eigenvalue weighted by Crippen LogP contribution is 2.29. The monoisotopic (exact) mass is 439 g/mol. The fourth-order valence-electron chi connectivity index (χ4n) is 2.49. The molecule has 1 aromatic carbocycles. The summed E-state index contributed by atoms with van der Waals surface area (Å²) in [4.78, 5) is 8.30. The molecule has 3 aromatic rings. The van der Waals surface area contributed by atoms with Crippen molar-refractivity contribution in [1.29, 1.82) is 0 Å². The molecule has 6 nitrogen and oxygen atoms in total. The van der Waals surface area contributed by atoms with Gasteiger partial charge in [-0.15, -0.1) is 0 Å². The van der Waals surface area contributed by atoms with Crippen molar-refractivity contribution < 1.29 is 26.3 Å². The van der Waals surface area contributed by atoms with Gasteiger partial charge in [0, 0.05) is 18.3 Å². The Hall–Kier alpha value is -2.98. The normalized spacial score (nSPS) is 11.6. The van der Waals surface area contributed by atoms with Crippen LogP contribution < -0.4 is 9.46 Å². The molecule has 0 bridgehead atoms. The number of halogens is 3. The van der Waals surface area contributed by atoms with Gasteiger partial charge in [-0.05, 0) is 36.4 Å². The molecule has 0 aliphatic heterocycles. The van der Waals surface area contributed by atoms with Crippen LogP contribution in [-0.2, 0) is 22.7 Å². The summed E-state index contributed by atoms with van der Waals surface area (Å²) in [6.45, 7) is -0.180. The molecule has 0 radical (unpaired) electrons. The van der Waals surface area contributed by atoms with Gasteiger partial charge in [0.25, 0.3) is 0 Å². The lowest BCUT2D eigenvalue weighted by atomic mass is 10.2. The third kappa shape index (κ3) is 5.55.